The van der Waals surface area contributed by atoms with Gasteiger partial charge in [-0.3, -0.25) is 0 Å². The highest BCUT2D eigenvalue weighted by atomic mass is 16.5. The van der Waals surface area contributed by atoms with E-state index in [0.29, 0.717) is 13.0 Å². The minimum Gasteiger partial charge on any atom is -0.457 e. The summed E-state index contributed by atoms with van der Waals surface area (Å²) in [4.78, 5) is 10.7. The molecule has 1 radical (unpaired) electrons. The van der Waals surface area contributed by atoms with Crippen molar-refractivity contribution in [3.63, 3.8) is 0 Å². The van der Waals surface area contributed by atoms with E-state index in [4.69, 9.17) is 9.39 Å². The van der Waals surface area contributed by atoms with Gasteiger partial charge in [0.25, 0.3) is 0 Å². The van der Waals surface area contributed by atoms with E-state index < -0.39 is 0 Å². The van der Waals surface area contributed by atoms with E-state index in [1.54, 1.807) is 7.48 Å². The molecule has 3 rings (SSSR count). The Balaban J connectivity index is 1.84. The van der Waals surface area contributed by atoms with Crippen LogP contribution in [-0.2, 0) is 22.5 Å². The first-order chi connectivity index (χ1) is 9.76. The number of carbonyl (C=O) groups is 1. The lowest BCUT2D eigenvalue weighted by molar-refractivity contribution is -0.107. The topological polar surface area (TPSA) is 35.5 Å². The van der Waals surface area contributed by atoms with Gasteiger partial charge in [-0.25, -0.2) is 0 Å². The Morgan fingerprint density at radius 1 is 1.25 bits per heavy atom. The molecule has 0 bridgehead atoms. The summed E-state index contributed by atoms with van der Waals surface area (Å²) < 4.78 is 11.1. The molecule has 2 aromatic rings. The van der Waals surface area contributed by atoms with Gasteiger partial charge in [0.2, 0.25) is 0 Å². The van der Waals surface area contributed by atoms with Gasteiger partial charge in [-0.2, -0.15) is 0 Å². The molecule has 0 unspecified atom stereocenters. The molecule has 1 aliphatic rings. The van der Waals surface area contributed by atoms with Gasteiger partial charge in [0.15, 0.2) is 0 Å². The maximum absolute atomic E-state index is 10.7. The van der Waals surface area contributed by atoms with Crippen molar-refractivity contribution in [2.45, 2.75) is 20.0 Å². The minimum atomic E-state index is 0.413. The van der Waals surface area contributed by atoms with Crippen molar-refractivity contribution in [1.82, 2.24) is 0 Å². The second kappa shape index (κ2) is 5.51. The lowest BCUT2D eigenvalue weighted by Gasteiger charge is -2.10. The predicted octanol–water partition coefficient (Wildman–Crippen LogP) is 2.30. The third-order valence-corrected chi connectivity index (χ3v) is 3.42. The summed E-state index contributed by atoms with van der Waals surface area (Å²) in [5, 5.41) is 0. The third kappa shape index (κ3) is 2.61. The van der Waals surface area contributed by atoms with Crippen molar-refractivity contribution in [3.05, 3.63) is 53.1 Å². The van der Waals surface area contributed by atoms with Crippen molar-refractivity contribution >= 4 is 19.2 Å². The smallest absolute Gasteiger partial charge is 0.330 e. The number of carbonyl (C=O) groups excluding carboxylic acids is 1. The van der Waals surface area contributed by atoms with Crippen molar-refractivity contribution in [1.29, 1.82) is 0 Å². The fourth-order valence-electron chi connectivity index (χ4n) is 2.26. The lowest BCUT2D eigenvalue weighted by Crippen LogP contribution is -2.10. The van der Waals surface area contributed by atoms with Crippen molar-refractivity contribution in [2.75, 3.05) is 0 Å². The molecule has 1 heterocycles. The van der Waals surface area contributed by atoms with Gasteiger partial charge >= 0.3 is 7.48 Å². The molecular formula is C16H14BO3. The molecule has 0 N–H and O–H groups in total. The van der Waals surface area contributed by atoms with Gasteiger partial charge in [0.05, 0.1) is 6.61 Å². The number of fused-ring (bicyclic) bond motifs is 1. The van der Waals surface area contributed by atoms with Gasteiger partial charge in [0.1, 0.15) is 17.8 Å². The summed E-state index contributed by atoms with van der Waals surface area (Å²) >= 11 is 0. The van der Waals surface area contributed by atoms with E-state index in [1.165, 1.54) is 0 Å². The Morgan fingerprint density at radius 3 is 2.90 bits per heavy atom. The molecule has 20 heavy (non-hydrogen) atoms. The first-order valence-electron chi connectivity index (χ1n) is 6.55. The van der Waals surface area contributed by atoms with Crippen LogP contribution >= 0.6 is 0 Å². The Labute approximate surface area is 118 Å². The van der Waals surface area contributed by atoms with Gasteiger partial charge in [-0.15, -0.1) is 0 Å². The predicted molar refractivity (Wildman–Crippen MR) is 77.6 cm³/mol. The minimum absolute atomic E-state index is 0.413. The van der Waals surface area contributed by atoms with Crippen LogP contribution < -0.4 is 10.2 Å². The number of rotatable bonds is 4. The molecular weight excluding hydrogens is 251 g/mol. The van der Waals surface area contributed by atoms with Crippen LogP contribution in [0.5, 0.6) is 11.5 Å². The van der Waals surface area contributed by atoms with Crippen LogP contribution in [0.1, 0.15) is 16.7 Å². The van der Waals surface area contributed by atoms with E-state index in [2.05, 4.69) is 0 Å². The Morgan fingerprint density at radius 2 is 2.05 bits per heavy atom. The fourth-order valence-corrected chi connectivity index (χ4v) is 2.26. The summed E-state index contributed by atoms with van der Waals surface area (Å²) in [6, 6.07) is 11.7. The van der Waals surface area contributed by atoms with Crippen molar-refractivity contribution < 1.29 is 14.2 Å². The van der Waals surface area contributed by atoms with E-state index in [9.17, 15) is 4.79 Å². The zero-order valence-corrected chi connectivity index (χ0v) is 11.3. The molecule has 99 valence electrons. The second-order valence-corrected chi connectivity index (χ2v) is 4.85. The van der Waals surface area contributed by atoms with Gasteiger partial charge in [-0.05, 0) is 53.3 Å². The zero-order valence-electron chi connectivity index (χ0n) is 11.3. The molecule has 0 saturated carbocycles. The van der Waals surface area contributed by atoms with Crippen molar-refractivity contribution in [3.8, 4) is 11.5 Å². The van der Waals surface area contributed by atoms with Gasteiger partial charge in [-0.1, -0.05) is 12.1 Å². The van der Waals surface area contributed by atoms with E-state index in [0.717, 1.165) is 39.9 Å². The third-order valence-electron chi connectivity index (χ3n) is 3.42. The number of ether oxygens (including phenoxy) is 1. The summed E-state index contributed by atoms with van der Waals surface area (Å²) in [6.07, 6.45) is 1.32. The molecule has 0 amide bonds. The van der Waals surface area contributed by atoms with E-state index >= 15 is 0 Å². The van der Waals surface area contributed by atoms with Crippen LogP contribution in [0.3, 0.4) is 0 Å². The molecule has 4 heteroatoms. The maximum atomic E-state index is 10.7. The monoisotopic (exact) mass is 265 g/mol. The molecule has 0 saturated heterocycles. The lowest BCUT2D eigenvalue weighted by atomic mass is 9.87. The Bertz CT molecular complexity index is 652. The highest BCUT2D eigenvalue weighted by Crippen LogP contribution is 2.25. The van der Waals surface area contributed by atoms with Crippen LogP contribution in [0.4, 0.5) is 0 Å². The highest BCUT2D eigenvalue weighted by Gasteiger charge is 2.14. The SMILES string of the molecule is Cc1ccc(Oc2ccc3c(c2)CO[B]3)cc1CC=O. The molecule has 0 atom stereocenters. The molecule has 0 aromatic heterocycles. The first-order valence-corrected chi connectivity index (χ1v) is 6.55. The Kier molecular flexibility index (Phi) is 3.57. The molecule has 0 fully saturated rings. The molecule has 0 spiro atoms. The Hall–Kier alpha value is -2.07. The van der Waals surface area contributed by atoms with Crippen LogP contribution in [-0.4, -0.2) is 13.8 Å². The van der Waals surface area contributed by atoms with Crippen LogP contribution in [0.2, 0.25) is 0 Å². The molecule has 1 aliphatic heterocycles. The highest BCUT2D eigenvalue weighted by molar-refractivity contribution is 6.48. The quantitative estimate of drug-likeness (QED) is 0.628. The van der Waals surface area contributed by atoms with E-state index in [1.807, 2.05) is 43.3 Å². The van der Waals surface area contributed by atoms with Crippen molar-refractivity contribution in [2.24, 2.45) is 0 Å². The van der Waals surface area contributed by atoms with E-state index in [-0.39, 0.29) is 0 Å². The number of aldehydes is 1. The largest absolute Gasteiger partial charge is 0.457 e. The summed E-state index contributed by atoms with van der Waals surface area (Å²) in [5.41, 5.74) is 4.32. The zero-order chi connectivity index (χ0) is 13.9. The molecule has 2 aromatic carbocycles. The number of hydrogen-bond acceptors (Lipinski definition) is 3. The number of benzene rings is 2. The number of hydrogen-bond donors (Lipinski definition) is 0. The average Bonchev–Trinajstić information content (AvgIpc) is 2.90. The molecule has 0 aliphatic carbocycles. The maximum Gasteiger partial charge on any atom is 0.330 e. The average molecular weight is 265 g/mol. The molecule has 3 nitrogen and oxygen atoms in total. The fraction of sp³-hybridized carbons (Fsp3) is 0.188. The van der Waals surface area contributed by atoms with Crippen LogP contribution in [0, 0.1) is 6.92 Å². The standard InChI is InChI=1S/C16H14BO3/c1-11-2-3-14(8-12(11)6-7-18)20-15-4-5-16-13(9-15)10-19-17-16/h2-5,7-9H,6,10H2,1H3. The normalized spacial score (nSPS) is 12.7. The van der Waals surface area contributed by atoms with Crippen LogP contribution in [0.15, 0.2) is 36.4 Å². The number of aryl methyl sites for hydroxylation is 1. The van der Waals surface area contributed by atoms with Gasteiger partial charge in [0, 0.05) is 6.42 Å². The van der Waals surface area contributed by atoms with Gasteiger partial charge < -0.3 is 14.2 Å². The summed E-state index contributed by atoms with van der Waals surface area (Å²) in [6.45, 7) is 2.59. The second-order valence-electron chi connectivity index (χ2n) is 4.85. The van der Waals surface area contributed by atoms with Crippen LogP contribution in [0.25, 0.3) is 0 Å². The first kappa shape index (κ1) is 12.9. The summed E-state index contributed by atoms with van der Waals surface area (Å²) in [5.74, 6) is 1.53. The summed E-state index contributed by atoms with van der Waals surface area (Å²) in [7, 11) is 1.76.